The fourth-order valence-corrected chi connectivity index (χ4v) is 7.88. The van der Waals surface area contributed by atoms with Crippen molar-refractivity contribution in [3.8, 4) is 0 Å². The van der Waals surface area contributed by atoms with Crippen LogP contribution >= 0.6 is 0 Å². The Hall–Kier alpha value is -1.16. The Balaban J connectivity index is 1.71. The standard InChI is InChI=1S/C24H36O4/c1-23-11-9-20-21(19(23)7-6-15(23)5-4-12-25)18(22(27)28-3)14-16-13-17(26)8-10-24(16,20)2/h13,15,18-21,25H,4-12,14H2,1-3H3/t15-,18-,19+,20+,21+,23-,24+/m1/s1. The molecule has 7 atom stereocenters. The topological polar surface area (TPSA) is 63.6 Å². The lowest BCUT2D eigenvalue weighted by molar-refractivity contribution is -0.158. The number of ketones is 1. The van der Waals surface area contributed by atoms with Crippen LogP contribution in [0.3, 0.4) is 0 Å². The van der Waals surface area contributed by atoms with Crippen LogP contribution in [0.4, 0.5) is 0 Å². The average molecular weight is 389 g/mol. The van der Waals surface area contributed by atoms with Crippen molar-refractivity contribution in [1.29, 1.82) is 0 Å². The van der Waals surface area contributed by atoms with Crippen molar-refractivity contribution in [2.24, 2.45) is 40.4 Å². The van der Waals surface area contributed by atoms with Gasteiger partial charge in [0, 0.05) is 13.0 Å². The van der Waals surface area contributed by atoms with Crippen LogP contribution in [-0.2, 0) is 14.3 Å². The lowest BCUT2D eigenvalue weighted by Crippen LogP contribution is -2.55. The number of aliphatic hydroxyl groups excluding tert-OH is 1. The van der Waals surface area contributed by atoms with E-state index in [1.165, 1.54) is 31.9 Å². The molecule has 28 heavy (non-hydrogen) atoms. The molecule has 0 amide bonds. The summed E-state index contributed by atoms with van der Waals surface area (Å²) in [5.74, 6) is 2.07. The molecular formula is C24H36O4. The van der Waals surface area contributed by atoms with Crippen LogP contribution in [0.5, 0.6) is 0 Å². The van der Waals surface area contributed by atoms with Crippen LogP contribution < -0.4 is 0 Å². The van der Waals surface area contributed by atoms with E-state index < -0.39 is 0 Å². The van der Waals surface area contributed by atoms with Gasteiger partial charge in [-0.15, -0.1) is 0 Å². The van der Waals surface area contributed by atoms with Gasteiger partial charge in [0.1, 0.15) is 0 Å². The van der Waals surface area contributed by atoms with Crippen molar-refractivity contribution in [2.45, 2.75) is 71.6 Å². The number of esters is 1. The van der Waals surface area contributed by atoms with Crippen molar-refractivity contribution in [2.75, 3.05) is 13.7 Å². The van der Waals surface area contributed by atoms with Gasteiger partial charge in [-0.1, -0.05) is 19.4 Å². The zero-order valence-electron chi connectivity index (χ0n) is 17.7. The van der Waals surface area contributed by atoms with Crippen LogP contribution in [0.25, 0.3) is 0 Å². The predicted octanol–water partition coefficient (Wildman–Crippen LogP) is 4.31. The molecule has 0 aromatic heterocycles. The summed E-state index contributed by atoms with van der Waals surface area (Å²) in [5.41, 5.74) is 1.54. The van der Waals surface area contributed by atoms with E-state index in [9.17, 15) is 14.7 Å². The molecule has 0 spiro atoms. The lowest BCUT2D eigenvalue weighted by Gasteiger charge is -2.60. The first-order valence-corrected chi connectivity index (χ1v) is 11.3. The normalized spacial score (nSPS) is 44.9. The van der Waals surface area contributed by atoms with Gasteiger partial charge in [-0.2, -0.15) is 0 Å². The Morgan fingerprint density at radius 3 is 2.71 bits per heavy atom. The summed E-state index contributed by atoms with van der Waals surface area (Å²) in [4.78, 5) is 25.0. The summed E-state index contributed by atoms with van der Waals surface area (Å²) in [6, 6.07) is 0. The Bertz CT molecular complexity index is 682. The second-order valence-electron chi connectivity index (χ2n) is 10.4. The Labute approximate surface area is 169 Å². The highest BCUT2D eigenvalue weighted by Gasteiger charge is 2.62. The van der Waals surface area contributed by atoms with Gasteiger partial charge < -0.3 is 9.84 Å². The third kappa shape index (κ3) is 2.89. The zero-order chi connectivity index (χ0) is 20.1. The number of aliphatic hydroxyl groups is 1. The highest BCUT2D eigenvalue weighted by Crippen LogP contribution is 2.68. The van der Waals surface area contributed by atoms with Gasteiger partial charge in [-0.25, -0.2) is 0 Å². The summed E-state index contributed by atoms with van der Waals surface area (Å²) >= 11 is 0. The molecular weight excluding hydrogens is 352 g/mol. The van der Waals surface area contributed by atoms with E-state index >= 15 is 0 Å². The maximum Gasteiger partial charge on any atom is 0.309 e. The molecule has 0 heterocycles. The lowest BCUT2D eigenvalue weighted by atomic mass is 9.44. The number of carbonyl (C=O) groups is 2. The molecule has 3 fully saturated rings. The second kappa shape index (κ2) is 7.27. The molecule has 1 N–H and O–H groups in total. The number of carbonyl (C=O) groups excluding carboxylic acids is 2. The van der Waals surface area contributed by atoms with Gasteiger partial charge in [-0.3, -0.25) is 9.59 Å². The molecule has 0 unspecified atom stereocenters. The van der Waals surface area contributed by atoms with Crippen LogP contribution in [0.15, 0.2) is 11.6 Å². The van der Waals surface area contributed by atoms with Crippen LogP contribution in [-0.4, -0.2) is 30.6 Å². The highest BCUT2D eigenvalue weighted by molar-refractivity contribution is 5.92. The van der Waals surface area contributed by atoms with Gasteiger partial charge in [0.25, 0.3) is 0 Å². The summed E-state index contributed by atoms with van der Waals surface area (Å²) in [7, 11) is 1.51. The number of rotatable bonds is 4. The Morgan fingerprint density at radius 2 is 2.00 bits per heavy atom. The van der Waals surface area contributed by atoms with Gasteiger partial charge in [0.05, 0.1) is 13.0 Å². The fourth-order valence-electron chi connectivity index (χ4n) is 7.88. The molecule has 3 saturated carbocycles. The van der Waals surface area contributed by atoms with E-state index in [1.807, 2.05) is 6.08 Å². The minimum atomic E-state index is -0.110. The third-order valence-electron chi connectivity index (χ3n) is 9.43. The number of ether oxygens (including phenoxy) is 1. The largest absolute Gasteiger partial charge is 0.469 e. The maximum absolute atomic E-state index is 12.9. The molecule has 4 aliphatic rings. The average Bonchev–Trinajstić information content (AvgIpc) is 3.02. The van der Waals surface area contributed by atoms with Crippen molar-refractivity contribution < 1.29 is 19.4 Å². The van der Waals surface area contributed by atoms with E-state index in [-0.39, 0.29) is 35.1 Å². The Kier molecular flexibility index (Phi) is 5.22. The molecule has 0 aliphatic heterocycles. The van der Waals surface area contributed by atoms with Crippen molar-refractivity contribution in [1.82, 2.24) is 0 Å². The predicted molar refractivity (Wildman–Crippen MR) is 107 cm³/mol. The molecule has 0 radical (unpaired) electrons. The van der Waals surface area contributed by atoms with Crippen LogP contribution in [0, 0.1) is 40.4 Å². The maximum atomic E-state index is 12.9. The number of allylic oxidation sites excluding steroid dienone is 1. The van der Waals surface area contributed by atoms with Crippen molar-refractivity contribution in [3.05, 3.63) is 11.6 Å². The van der Waals surface area contributed by atoms with Gasteiger partial charge in [-0.05, 0) is 91.9 Å². The molecule has 0 aromatic rings. The highest BCUT2D eigenvalue weighted by atomic mass is 16.5. The van der Waals surface area contributed by atoms with E-state index in [4.69, 9.17) is 4.74 Å². The van der Waals surface area contributed by atoms with E-state index in [0.29, 0.717) is 36.5 Å². The monoisotopic (exact) mass is 388 g/mol. The van der Waals surface area contributed by atoms with Gasteiger partial charge in [0.15, 0.2) is 5.78 Å². The SMILES string of the molecule is COC(=O)[C@@H]1CC2=CC(=O)CC[C@]2(C)[C@H]2CC[C@]3(C)[C@H](CCCO)CC[C@H]3[C@H]12. The molecule has 4 aliphatic carbocycles. The first-order valence-electron chi connectivity index (χ1n) is 11.3. The van der Waals surface area contributed by atoms with Crippen molar-refractivity contribution in [3.63, 3.8) is 0 Å². The third-order valence-corrected chi connectivity index (χ3v) is 9.43. The number of hydrogen-bond donors (Lipinski definition) is 1. The number of fused-ring (bicyclic) bond motifs is 5. The molecule has 0 aromatic carbocycles. The van der Waals surface area contributed by atoms with E-state index in [1.54, 1.807) is 0 Å². The zero-order valence-corrected chi connectivity index (χ0v) is 17.7. The first-order chi connectivity index (χ1) is 13.3. The van der Waals surface area contributed by atoms with Crippen molar-refractivity contribution >= 4 is 11.8 Å². The summed E-state index contributed by atoms with van der Waals surface area (Å²) in [6.07, 6.45) is 10.9. The van der Waals surface area contributed by atoms with Gasteiger partial charge in [0.2, 0.25) is 0 Å². The molecule has 4 heteroatoms. The molecule has 156 valence electrons. The first kappa shape index (κ1) is 20.1. The van der Waals surface area contributed by atoms with E-state index in [2.05, 4.69) is 13.8 Å². The minimum absolute atomic E-state index is 0.0631. The number of hydrogen-bond acceptors (Lipinski definition) is 4. The van der Waals surface area contributed by atoms with Gasteiger partial charge >= 0.3 is 5.97 Å². The van der Waals surface area contributed by atoms with Crippen LogP contribution in [0.2, 0.25) is 0 Å². The molecule has 4 nitrogen and oxygen atoms in total. The molecule has 0 bridgehead atoms. The fraction of sp³-hybridized carbons (Fsp3) is 0.833. The molecule has 0 saturated heterocycles. The summed E-state index contributed by atoms with van der Waals surface area (Å²) < 4.78 is 5.27. The summed E-state index contributed by atoms with van der Waals surface area (Å²) in [6.45, 7) is 5.08. The minimum Gasteiger partial charge on any atom is -0.469 e. The van der Waals surface area contributed by atoms with E-state index in [0.717, 1.165) is 25.7 Å². The van der Waals surface area contributed by atoms with Crippen LogP contribution in [0.1, 0.15) is 71.6 Å². The smallest absolute Gasteiger partial charge is 0.309 e. The quantitative estimate of drug-likeness (QED) is 0.729. The summed E-state index contributed by atoms with van der Waals surface area (Å²) in [5, 5.41) is 9.33. The Morgan fingerprint density at radius 1 is 1.21 bits per heavy atom. The number of methoxy groups -OCH3 is 1. The molecule has 4 rings (SSSR count). The second-order valence-corrected chi connectivity index (χ2v) is 10.4.